The van der Waals surface area contributed by atoms with Crippen LogP contribution in [0, 0.1) is 0 Å². The monoisotopic (exact) mass is 168 g/mol. The third-order valence-corrected chi connectivity index (χ3v) is 4.36. The van der Waals surface area contributed by atoms with Gasteiger partial charge in [-0.15, -0.1) is 0 Å². The standard InChI is InChI=1S/C7H10Ge/c1-8(2)7-5-3-4-6-7/h3-6H,1-2H3. The van der Waals surface area contributed by atoms with Crippen molar-refractivity contribution in [2.45, 2.75) is 11.5 Å². The van der Waals surface area contributed by atoms with Crippen molar-refractivity contribution in [2.24, 2.45) is 0 Å². The minimum atomic E-state index is -0.713. The van der Waals surface area contributed by atoms with Gasteiger partial charge in [-0.2, -0.15) is 0 Å². The topological polar surface area (TPSA) is 0 Å². The van der Waals surface area contributed by atoms with Gasteiger partial charge in [-0.05, 0) is 0 Å². The van der Waals surface area contributed by atoms with Crippen LogP contribution >= 0.6 is 0 Å². The van der Waals surface area contributed by atoms with Crippen LogP contribution in [0.1, 0.15) is 0 Å². The van der Waals surface area contributed by atoms with Gasteiger partial charge >= 0.3 is 54.1 Å². The Balaban J connectivity index is 2.90. The van der Waals surface area contributed by atoms with Crippen molar-refractivity contribution in [3.05, 3.63) is 24.3 Å². The van der Waals surface area contributed by atoms with Gasteiger partial charge in [0, 0.05) is 0 Å². The summed E-state index contributed by atoms with van der Waals surface area (Å²) < 4.78 is 1.60. The van der Waals surface area contributed by atoms with Crippen molar-refractivity contribution in [1.29, 1.82) is 0 Å². The Morgan fingerprint density at radius 3 is 1.88 bits per heavy atom. The predicted molar refractivity (Wildman–Crippen MR) is 40.8 cm³/mol. The second-order valence-corrected chi connectivity index (χ2v) is 7.58. The van der Waals surface area contributed by atoms with Gasteiger partial charge in [0.2, 0.25) is 0 Å². The molecule has 0 bridgehead atoms. The molecule has 0 atom stereocenters. The molecule has 0 heterocycles. The van der Waals surface area contributed by atoms with Gasteiger partial charge in [0.1, 0.15) is 0 Å². The predicted octanol–water partition coefficient (Wildman–Crippen LogP) is 1.62. The third kappa shape index (κ3) is 1.19. The fourth-order valence-corrected chi connectivity index (χ4v) is 2.51. The molecule has 0 saturated carbocycles. The molecule has 0 radical (unpaired) electrons. The Hall–Kier alpha value is -0.107. The summed E-state index contributed by atoms with van der Waals surface area (Å²) in [6.07, 6.45) is 8.70. The van der Waals surface area contributed by atoms with Crippen LogP contribution in [0.3, 0.4) is 0 Å². The van der Waals surface area contributed by atoms with Gasteiger partial charge < -0.3 is 0 Å². The molecule has 0 aromatic carbocycles. The molecule has 0 aromatic heterocycles. The zero-order valence-electron chi connectivity index (χ0n) is 5.31. The average molecular weight is 167 g/mol. The first-order valence-corrected chi connectivity index (χ1v) is 8.07. The van der Waals surface area contributed by atoms with Crippen molar-refractivity contribution in [3.63, 3.8) is 0 Å². The summed E-state index contributed by atoms with van der Waals surface area (Å²) in [6, 6.07) is 0. The SMILES string of the molecule is [CH3][Ge]([CH3])=[C]1C=CC=C1. The van der Waals surface area contributed by atoms with Crippen LogP contribution in [0.5, 0.6) is 0 Å². The molecule has 42 valence electrons. The Bertz CT molecular complexity index is 155. The van der Waals surface area contributed by atoms with Gasteiger partial charge in [-0.25, -0.2) is 0 Å². The number of hydrogen-bond acceptors (Lipinski definition) is 0. The summed E-state index contributed by atoms with van der Waals surface area (Å²) in [5.41, 5.74) is 0. The van der Waals surface area contributed by atoms with Crippen molar-refractivity contribution < 1.29 is 0 Å². The van der Waals surface area contributed by atoms with Crippen LogP contribution in [-0.2, 0) is 0 Å². The molecule has 0 amide bonds. The fraction of sp³-hybridized carbons (Fsp3) is 0.286. The molecule has 0 fully saturated rings. The first kappa shape index (κ1) is 6.02. The van der Waals surface area contributed by atoms with E-state index in [0.29, 0.717) is 0 Å². The maximum absolute atomic E-state index is 2.37. The number of rotatable bonds is 0. The van der Waals surface area contributed by atoms with Crippen LogP contribution in [0.4, 0.5) is 0 Å². The molecule has 1 aliphatic carbocycles. The van der Waals surface area contributed by atoms with E-state index in [2.05, 4.69) is 35.8 Å². The molecule has 0 aromatic rings. The van der Waals surface area contributed by atoms with E-state index < -0.39 is 13.9 Å². The van der Waals surface area contributed by atoms with Gasteiger partial charge in [-0.1, -0.05) is 0 Å². The van der Waals surface area contributed by atoms with Crippen molar-refractivity contribution in [1.82, 2.24) is 0 Å². The van der Waals surface area contributed by atoms with Gasteiger partial charge in [0.05, 0.1) is 0 Å². The maximum atomic E-state index is 2.37. The van der Waals surface area contributed by atoms with E-state index in [1.165, 1.54) is 0 Å². The summed E-state index contributed by atoms with van der Waals surface area (Å²) in [5, 5.41) is 0. The summed E-state index contributed by atoms with van der Waals surface area (Å²) in [6.45, 7) is 0. The Morgan fingerprint density at radius 1 is 1.12 bits per heavy atom. The summed E-state index contributed by atoms with van der Waals surface area (Å²) in [7, 11) is 0. The van der Waals surface area contributed by atoms with E-state index in [-0.39, 0.29) is 0 Å². The Kier molecular flexibility index (Phi) is 1.84. The summed E-state index contributed by atoms with van der Waals surface area (Å²) >= 11 is -0.713. The van der Waals surface area contributed by atoms with Crippen molar-refractivity contribution in [2.75, 3.05) is 0 Å². The molecule has 1 heteroatoms. The van der Waals surface area contributed by atoms with E-state index in [1.54, 1.807) is 4.35 Å². The molecule has 0 N–H and O–H groups in total. The van der Waals surface area contributed by atoms with Crippen LogP contribution in [-0.4, -0.2) is 18.3 Å². The van der Waals surface area contributed by atoms with Gasteiger partial charge in [-0.3, -0.25) is 0 Å². The quantitative estimate of drug-likeness (QED) is 0.480. The normalized spacial score (nSPS) is 15.5. The zero-order valence-corrected chi connectivity index (χ0v) is 7.41. The average Bonchev–Trinajstić information content (AvgIpc) is 2.12. The molecule has 0 unspecified atom stereocenters. The van der Waals surface area contributed by atoms with E-state index in [1.807, 2.05) is 0 Å². The molecule has 8 heavy (non-hydrogen) atoms. The van der Waals surface area contributed by atoms with Crippen LogP contribution in [0.2, 0.25) is 11.5 Å². The molecular formula is C7H10Ge. The molecule has 0 spiro atoms. The van der Waals surface area contributed by atoms with E-state index in [4.69, 9.17) is 0 Å². The first-order valence-electron chi connectivity index (χ1n) is 2.83. The van der Waals surface area contributed by atoms with Crippen LogP contribution in [0.15, 0.2) is 24.3 Å². The molecule has 0 nitrogen and oxygen atoms in total. The van der Waals surface area contributed by atoms with Crippen LogP contribution < -0.4 is 0 Å². The van der Waals surface area contributed by atoms with Crippen molar-refractivity contribution in [3.8, 4) is 0 Å². The van der Waals surface area contributed by atoms with E-state index in [0.717, 1.165) is 0 Å². The van der Waals surface area contributed by atoms with Crippen LogP contribution in [0.25, 0.3) is 0 Å². The van der Waals surface area contributed by atoms with E-state index >= 15 is 0 Å². The molecule has 1 aliphatic rings. The Labute approximate surface area is 54.6 Å². The van der Waals surface area contributed by atoms with Gasteiger partial charge in [0.25, 0.3) is 0 Å². The van der Waals surface area contributed by atoms with Gasteiger partial charge in [0.15, 0.2) is 0 Å². The second kappa shape index (κ2) is 2.45. The number of hydrogen-bond donors (Lipinski definition) is 0. The Morgan fingerprint density at radius 2 is 1.62 bits per heavy atom. The molecular weight excluding hydrogens is 157 g/mol. The van der Waals surface area contributed by atoms with E-state index in [9.17, 15) is 0 Å². The van der Waals surface area contributed by atoms with Crippen molar-refractivity contribution >= 4 is 18.3 Å². The fourth-order valence-electron chi connectivity index (χ4n) is 0.707. The summed E-state index contributed by atoms with van der Waals surface area (Å²) in [4.78, 5) is 0. The third-order valence-electron chi connectivity index (χ3n) is 1.24. The molecule has 0 aliphatic heterocycles. The first-order chi connectivity index (χ1) is 3.80. The second-order valence-electron chi connectivity index (χ2n) is 2.17. The molecule has 0 saturated heterocycles. The summed E-state index contributed by atoms with van der Waals surface area (Å²) in [5.74, 6) is 4.74. The number of allylic oxidation sites excluding steroid dienone is 4. The zero-order chi connectivity index (χ0) is 5.98. The minimum absolute atomic E-state index is 0.713. The molecule has 1 rings (SSSR count).